The van der Waals surface area contributed by atoms with Gasteiger partial charge in [-0.3, -0.25) is 5.84 Å². The zero-order valence-electron chi connectivity index (χ0n) is 7.56. The van der Waals surface area contributed by atoms with Crippen molar-refractivity contribution in [2.24, 2.45) is 5.84 Å². The number of rotatable bonds is 2. The molecule has 0 unspecified atom stereocenters. The molecule has 76 valence electrons. The number of hydrogen-bond donors (Lipinski definition) is 3. The highest BCUT2D eigenvalue weighted by Gasteiger charge is 2.20. The minimum absolute atomic E-state index is 0.0453. The first-order chi connectivity index (χ1) is 6.83. The van der Waals surface area contributed by atoms with Crippen molar-refractivity contribution >= 4 is 5.69 Å². The summed E-state index contributed by atoms with van der Waals surface area (Å²) in [6.45, 7) is 0.313. The van der Waals surface area contributed by atoms with Crippen molar-refractivity contribution in [3.8, 4) is 11.5 Å². The predicted octanol–water partition coefficient (Wildman–Crippen LogP) is 0.104. The van der Waals surface area contributed by atoms with Crippen LogP contribution in [0, 0.1) is 0 Å². The van der Waals surface area contributed by atoms with Crippen molar-refractivity contribution in [3.05, 3.63) is 18.2 Å². The second kappa shape index (κ2) is 3.73. The number of nitrogens with one attached hydrogen (secondary N) is 1. The van der Waals surface area contributed by atoms with Gasteiger partial charge in [0, 0.05) is 6.07 Å². The Kier molecular flexibility index (Phi) is 2.43. The van der Waals surface area contributed by atoms with Crippen LogP contribution in [0.4, 0.5) is 5.69 Å². The molecule has 1 aliphatic heterocycles. The van der Waals surface area contributed by atoms with Gasteiger partial charge in [-0.15, -0.1) is 0 Å². The van der Waals surface area contributed by atoms with Gasteiger partial charge < -0.3 is 20.0 Å². The summed E-state index contributed by atoms with van der Waals surface area (Å²) in [5.74, 6) is 6.53. The molecule has 5 nitrogen and oxygen atoms in total. The van der Waals surface area contributed by atoms with Gasteiger partial charge in [0.05, 0.1) is 12.3 Å². The minimum atomic E-state index is -0.279. The Morgan fingerprint density at radius 2 is 2.36 bits per heavy atom. The van der Waals surface area contributed by atoms with Crippen molar-refractivity contribution < 1.29 is 14.6 Å². The molecule has 0 fully saturated rings. The minimum Gasteiger partial charge on any atom is -0.486 e. The molecule has 1 atom stereocenters. The SMILES string of the molecule is NNc1ccc2c(c1)OC[C@H](CO)O2. The van der Waals surface area contributed by atoms with E-state index < -0.39 is 0 Å². The molecule has 1 aliphatic rings. The molecule has 0 spiro atoms. The Morgan fingerprint density at radius 3 is 3.07 bits per heavy atom. The van der Waals surface area contributed by atoms with Crippen LogP contribution in [0.5, 0.6) is 11.5 Å². The van der Waals surface area contributed by atoms with E-state index in [9.17, 15) is 0 Å². The van der Waals surface area contributed by atoms with Gasteiger partial charge in [-0.1, -0.05) is 0 Å². The molecule has 0 amide bonds. The number of benzene rings is 1. The third-order valence-electron chi connectivity index (χ3n) is 2.03. The fourth-order valence-electron chi connectivity index (χ4n) is 1.29. The number of aliphatic hydroxyl groups excluding tert-OH is 1. The summed E-state index contributed by atoms with van der Waals surface area (Å²) in [7, 11) is 0. The van der Waals surface area contributed by atoms with Crippen LogP contribution in [0.2, 0.25) is 0 Å². The topological polar surface area (TPSA) is 76.7 Å². The van der Waals surface area contributed by atoms with E-state index in [4.69, 9.17) is 20.4 Å². The van der Waals surface area contributed by atoms with Crippen LogP contribution >= 0.6 is 0 Å². The monoisotopic (exact) mass is 196 g/mol. The van der Waals surface area contributed by atoms with E-state index in [1.165, 1.54) is 0 Å². The van der Waals surface area contributed by atoms with Gasteiger partial charge in [-0.2, -0.15) is 0 Å². The third-order valence-corrected chi connectivity index (χ3v) is 2.03. The highest BCUT2D eigenvalue weighted by atomic mass is 16.6. The molecule has 0 bridgehead atoms. The van der Waals surface area contributed by atoms with E-state index in [-0.39, 0.29) is 12.7 Å². The van der Waals surface area contributed by atoms with Crippen LogP contribution in [0.1, 0.15) is 0 Å². The number of nitrogen functional groups attached to an aromatic ring is 1. The number of ether oxygens (including phenoxy) is 2. The second-order valence-electron chi connectivity index (χ2n) is 3.04. The van der Waals surface area contributed by atoms with E-state index >= 15 is 0 Å². The molecule has 1 aromatic carbocycles. The van der Waals surface area contributed by atoms with Crippen LogP contribution in [0.15, 0.2) is 18.2 Å². The Bertz CT molecular complexity index is 330. The van der Waals surface area contributed by atoms with Crippen LogP contribution in [0.25, 0.3) is 0 Å². The van der Waals surface area contributed by atoms with E-state index in [0.29, 0.717) is 18.1 Å². The Balaban J connectivity index is 2.23. The van der Waals surface area contributed by atoms with Gasteiger partial charge >= 0.3 is 0 Å². The molecule has 5 heteroatoms. The summed E-state index contributed by atoms with van der Waals surface area (Å²) in [4.78, 5) is 0. The van der Waals surface area contributed by atoms with E-state index in [0.717, 1.165) is 5.69 Å². The van der Waals surface area contributed by atoms with Crippen LogP contribution < -0.4 is 20.7 Å². The van der Waals surface area contributed by atoms with E-state index in [1.54, 1.807) is 18.2 Å². The number of fused-ring (bicyclic) bond motifs is 1. The van der Waals surface area contributed by atoms with Gasteiger partial charge in [0.25, 0.3) is 0 Å². The lowest BCUT2D eigenvalue weighted by Gasteiger charge is -2.25. The number of hydrazine groups is 1. The van der Waals surface area contributed by atoms with Gasteiger partial charge in [0.15, 0.2) is 17.6 Å². The standard InChI is InChI=1S/C9H12N2O3/c10-11-6-1-2-8-9(3-6)13-5-7(4-12)14-8/h1-3,7,11-12H,4-5,10H2/t7-/m0/s1. The zero-order chi connectivity index (χ0) is 9.97. The van der Waals surface area contributed by atoms with E-state index in [1.807, 2.05) is 0 Å². The molecule has 14 heavy (non-hydrogen) atoms. The summed E-state index contributed by atoms with van der Waals surface area (Å²) in [6, 6.07) is 5.29. The smallest absolute Gasteiger partial charge is 0.163 e. The highest BCUT2D eigenvalue weighted by Crippen LogP contribution is 2.33. The average Bonchev–Trinajstić information content (AvgIpc) is 2.27. The Morgan fingerprint density at radius 1 is 1.50 bits per heavy atom. The van der Waals surface area contributed by atoms with Crippen molar-refractivity contribution in [2.45, 2.75) is 6.10 Å². The van der Waals surface area contributed by atoms with Crippen molar-refractivity contribution in [2.75, 3.05) is 18.6 Å². The summed E-state index contributed by atoms with van der Waals surface area (Å²) in [5, 5.41) is 8.88. The molecule has 0 radical (unpaired) electrons. The summed E-state index contributed by atoms with van der Waals surface area (Å²) >= 11 is 0. The van der Waals surface area contributed by atoms with Crippen molar-refractivity contribution in [3.63, 3.8) is 0 Å². The average molecular weight is 196 g/mol. The quantitative estimate of drug-likeness (QED) is 0.462. The molecule has 2 rings (SSSR count). The molecule has 0 saturated carbocycles. The van der Waals surface area contributed by atoms with Crippen LogP contribution in [-0.2, 0) is 0 Å². The molecule has 1 heterocycles. The number of hydrogen-bond acceptors (Lipinski definition) is 5. The summed E-state index contributed by atoms with van der Waals surface area (Å²) in [5.41, 5.74) is 3.28. The second-order valence-corrected chi connectivity index (χ2v) is 3.04. The Hall–Kier alpha value is -1.46. The number of nitrogens with two attached hydrogens (primary N) is 1. The number of aliphatic hydroxyl groups is 1. The maximum Gasteiger partial charge on any atom is 0.163 e. The largest absolute Gasteiger partial charge is 0.486 e. The number of anilines is 1. The summed E-state index contributed by atoms with van der Waals surface area (Å²) < 4.78 is 10.8. The lowest BCUT2D eigenvalue weighted by molar-refractivity contribution is 0.0457. The fraction of sp³-hybridized carbons (Fsp3) is 0.333. The van der Waals surface area contributed by atoms with Gasteiger partial charge in [0.1, 0.15) is 6.61 Å². The first-order valence-corrected chi connectivity index (χ1v) is 4.34. The van der Waals surface area contributed by atoms with Gasteiger partial charge in [-0.25, -0.2) is 0 Å². The highest BCUT2D eigenvalue weighted by molar-refractivity contribution is 5.54. The molecule has 0 saturated heterocycles. The first-order valence-electron chi connectivity index (χ1n) is 4.34. The summed E-state index contributed by atoms with van der Waals surface area (Å²) in [6.07, 6.45) is -0.279. The van der Waals surface area contributed by atoms with Gasteiger partial charge in [0.2, 0.25) is 0 Å². The van der Waals surface area contributed by atoms with Crippen LogP contribution in [-0.4, -0.2) is 24.4 Å². The Labute approximate surface area is 81.4 Å². The molecule has 1 aromatic rings. The zero-order valence-corrected chi connectivity index (χ0v) is 7.56. The van der Waals surface area contributed by atoms with E-state index in [2.05, 4.69) is 5.43 Å². The first kappa shape index (κ1) is 9.11. The molecular weight excluding hydrogens is 184 g/mol. The molecule has 0 aromatic heterocycles. The lowest BCUT2D eigenvalue weighted by atomic mass is 10.2. The maximum absolute atomic E-state index is 8.88. The normalized spacial score (nSPS) is 19.1. The fourth-order valence-corrected chi connectivity index (χ4v) is 1.29. The van der Waals surface area contributed by atoms with Gasteiger partial charge in [-0.05, 0) is 12.1 Å². The lowest BCUT2D eigenvalue weighted by Crippen LogP contribution is -2.32. The molecule has 4 N–H and O–H groups in total. The molecule has 0 aliphatic carbocycles. The molecular formula is C9H12N2O3. The van der Waals surface area contributed by atoms with Crippen molar-refractivity contribution in [1.82, 2.24) is 0 Å². The predicted molar refractivity (Wildman–Crippen MR) is 51.2 cm³/mol. The third kappa shape index (κ3) is 1.59. The maximum atomic E-state index is 8.88. The van der Waals surface area contributed by atoms with Crippen LogP contribution in [0.3, 0.4) is 0 Å². The van der Waals surface area contributed by atoms with Crippen molar-refractivity contribution in [1.29, 1.82) is 0 Å².